The Balaban J connectivity index is 2.27. The SMILES string of the molecule is O=C=C1C=CC(CCC/C=C/C=O)=CC1. The number of rotatable bonds is 5. The van der Waals surface area contributed by atoms with Crippen molar-refractivity contribution in [3.05, 3.63) is 41.5 Å². The largest absolute Gasteiger partial charge is 0.299 e. The first-order valence-electron chi connectivity index (χ1n) is 5.08. The van der Waals surface area contributed by atoms with Crippen molar-refractivity contribution in [3.8, 4) is 0 Å². The molecule has 0 saturated carbocycles. The van der Waals surface area contributed by atoms with Gasteiger partial charge in [0.2, 0.25) is 0 Å². The number of hydrogen-bond donors (Lipinski definition) is 0. The van der Waals surface area contributed by atoms with Gasteiger partial charge in [0.1, 0.15) is 12.2 Å². The molecule has 2 nitrogen and oxygen atoms in total. The Bertz CT molecular complexity index is 353. The first-order valence-corrected chi connectivity index (χ1v) is 5.08. The summed E-state index contributed by atoms with van der Waals surface area (Å²) >= 11 is 0. The fourth-order valence-electron chi connectivity index (χ4n) is 1.42. The van der Waals surface area contributed by atoms with E-state index >= 15 is 0 Å². The lowest BCUT2D eigenvalue weighted by atomic mass is 9.99. The predicted molar refractivity (Wildman–Crippen MR) is 60.1 cm³/mol. The second-order valence-corrected chi connectivity index (χ2v) is 3.40. The van der Waals surface area contributed by atoms with Gasteiger partial charge >= 0.3 is 0 Å². The predicted octanol–water partition coefficient (Wildman–Crippen LogP) is 2.56. The molecule has 0 aromatic carbocycles. The zero-order valence-corrected chi connectivity index (χ0v) is 8.61. The number of allylic oxidation sites excluding steroid dienone is 7. The van der Waals surface area contributed by atoms with E-state index in [1.165, 1.54) is 11.6 Å². The third-order valence-electron chi connectivity index (χ3n) is 2.26. The minimum atomic E-state index is 0.694. The summed E-state index contributed by atoms with van der Waals surface area (Å²) in [6, 6.07) is 0. The molecule has 78 valence electrons. The van der Waals surface area contributed by atoms with Crippen LogP contribution in [0, 0.1) is 0 Å². The maximum atomic E-state index is 10.3. The van der Waals surface area contributed by atoms with Crippen LogP contribution in [0.3, 0.4) is 0 Å². The van der Waals surface area contributed by atoms with Gasteiger partial charge in [-0.3, -0.25) is 4.79 Å². The summed E-state index contributed by atoms with van der Waals surface area (Å²) in [5, 5.41) is 0. The highest BCUT2D eigenvalue weighted by molar-refractivity contribution is 5.64. The van der Waals surface area contributed by atoms with E-state index < -0.39 is 0 Å². The van der Waals surface area contributed by atoms with Crippen molar-refractivity contribution < 1.29 is 9.59 Å². The standard InChI is InChI=1S/C13H14O2/c14-10-4-2-1-3-5-12-6-8-13(11-15)9-7-12/h2,4,6-8,10H,1,3,5,9H2/b4-2+. The molecule has 1 rings (SSSR count). The van der Waals surface area contributed by atoms with Crippen molar-refractivity contribution in [2.75, 3.05) is 0 Å². The van der Waals surface area contributed by atoms with Gasteiger partial charge in [0.25, 0.3) is 0 Å². The van der Waals surface area contributed by atoms with Crippen LogP contribution in [0.15, 0.2) is 41.5 Å². The zero-order chi connectivity index (χ0) is 10.9. The third-order valence-corrected chi connectivity index (χ3v) is 2.26. The van der Waals surface area contributed by atoms with Gasteiger partial charge in [0, 0.05) is 12.0 Å². The van der Waals surface area contributed by atoms with Crippen LogP contribution in [0.1, 0.15) is 25.7 Å². The van der Waals surface area contributed by atoms with Crippen LogP contribution in [0.25, 0.3) is 0 Å². The Hall–Kier alpha value is -1.66. The van der Waals surface area contributed by atoms with Crippen LogP contribution >= 0.6 is 0 Å². The monoisotopic (exact) mass is 202 g/mol. The molecule has 0 unspecified atom stereocenters. The molecule has 0 fully saturated rings. The number of hydrogen-bond acceptors (Lipinski definition) is 2. The lowest BCUT2D eigenvalue weighted by Gasteiger charge is -2.05. The molecule has 0 radical (unpaired) electrons. The molecule has 0 heterocycles. The van der Waals surface area contributed by atoms with E-state index in [1.54, 1.807) is 0 Å². The van der Waals surface area contributed by atoms with Gasteiger partial charge in [0.15, 0.2) is 0 Å². The van der Waals surface area contributed by atoms with E-state index in [9.17, 15) is 9.59 Å². The molecule has 0 aliphatic heterocycles. The summed E-state index contributed by atoms with van der Waals surface area (Å²) in [5.41, 5.74) is 1.97. The molecular weight excluding hydrogens is 188 g/mol. The molecule has 0 aromatic rings. The molecule has 0 aromatic heterocycles. The van der Waals surface area contributed by atoms with Crippen molar-refractivity contribution in [1.29, 1.82) is 0 Å². The Morgan fingerprint density at radius 3 is 2.87 bits per heavy atom. The molecule has 0 amide bonds. The maximum Gasteiger partial charge on any atom is 0.142 e. The molecule has 2 heteroatoms. The van der Waals surface area contributed by atoms with Gasteiger partial charge in [0.05, 0.1) is 0 Å². The third kappa shape index (κ3) is 4.39. The van der Waals surface area contributed by atoms with E-state index in [0.717, 1.165) is 25.5 Å². The minimum Gasteiger partial charge on any atom is -0.299 e. The summed E-state index contributed by atoms with van der Waals surface area (Å²) in [5.74, 6) is 1.89. The van der Waals surface area contributed by atoms with Gasteiger partial charge in [-0.15, -0.1) is 0 Å². The lowest BCUT2D eigenvalue weighted by molar-refractivity contribution is -0.104. The number of unbranched alkanes of at least 4 members (excludes halogenated alkanes) is 1. The van der Waals surface area contributed by atoms with Crippen molar-refractivity contribution >= 4 is 12.2 Å². The summed E-state index contributed by atoms with van der Waals surface area (Å²) < 4.78 is 0. The molecule has 0 atom stereocenters. The molecule has 0 spiro atoms. The van der Waals surface area contributed by atoms with Crippen LogP contribution in [-0.2, 0) is 9.59 Å². The topological polar surface area (TPSA) is 34.1 Å². The second kappa shape index (κ2) is 6.74. The Morgan fingerprint density at radius 2 is 2.27 bits per heavy atom. The zero-order valence-electron chi connectivity index (χ0n) is 8.61. The van der Waals surface area contributed by atoms with Gasteiger partial charge in [-0.1, -0.05) is 23.8 Å². The highest BCUT2D eigenvalue weighted by Crippen LogP contribution is 2.17. The van der Waals surface area contributed by atoms with Crippen molar-refractivity contribution in [2.24, 2.45) is 0 Å². The van der Waals surface area contributed by atoms with Gasteiger partial charge in [-0.25, -0.2) is 4.79 Å². The van der Waals surface area contributed by atoms with Crippen LogP contribution in [0.4, 0.5) is 0 Å². The quantitative estimate of drug-likeness (QED) is 0.297. The molecule has 0 bridgehead atoms. The fourth-order valence-corrected chi connectivity index (χ4v) is 1.42. The smallest absolute Gasteiger partial charge is 0.142 e. The van der Waals surface area contributed by atoms with E-state index in [2.05, 4.69) is 6.08 Å². The Morgan fingerprint density at radius 1 is 1.40 bits per heavy atom. The second-order valence-electron chi connectivity index (χ2n) is 3.40. The summed E-state index contributed by atoms with van der Waals surface area (Å²) in [7, 11) is 0. The van der Waals surface area contributed by atoms with Crippen molar-refractivity contribution in [3.63, 3.8) is 0 Å². The van der Waals surface area contributed by atoms with Gasteiger partial charge in [-0.2, -0.15) is 0 Å². The van der Waals surface area contributed by atoms with Gasteiger partial charge < -0.3 is 0 Å². The maximum absolute atomic E-state index is 10.3. The minimum absolute atomic E-state index is 0.694. The molecular formula is C13H14O2. The normalized spacial score (nSPS) is 15.2. The van der Waals surface area contributed by atoms with E-state index in [4.69, 9.17) is 0 Å². The molecule has 1 aliphatic rings. The number of carbonyl (C=O) groups excluding carboxylic acids is 2. The van der Waals surface area contributed by atoms with Crippen LogP contribution in [0.5, 0.6) is 0 Å². The lowest BCUT2D eigenvalue weighted by Crippen LogP contribution is -1.89. The first kappa shape index (κ1) is 11.4. The highest BCUT2D eigenvalue weighted by atomic mass is 16.1. The Kier molecular flexibility index (Phi) is 5.13. The number of aldehydes is 1. The van der Waals surface area contributed by atoms with Crippen molar-refractivity contribution in [1.82, 2.24) is 0 Å². The van der Waals surface area contributed by atoms with E-state index in [0.29, 0.717) is 12.0 Å². The fraction of sp³-hybridized carbons (Fsp3) is 0.308. The molecule has 0 N–H and O–H groups in total. The van der Waals surface area contributed by atoms with Crippen LogP contribution < -0.4 is 0 Å². The van der Waals surface area contributed by atoms with Crippen LogP contribution in [-0.4, -0.2) is 12.2 Å². The highest BCUT2D eigenvalue weighted by Gasteiger charge is 2.00. The first-order chi connectivity index (χ1) is 7.36. The molecule has 15 heavy (non-hydrogen) atoms. The molecule has 1 aliphatic carbocycles. The summed E-state index contributed by atoms with van der Waals surface area (Å²) in [4.78, 5) is 20.3. The molecule has 0 saturated heterocycles. The average Bonchev–Trinajstić information content (AvgIpc) is 2.30. The number of carbonyl (C=O) groups is 1. The average molecular weight is 202 g/mol. The van der Waals surface area contributed by atoms with E-state index in [-0.39, 0.29) is 0 Å². The summed E-state index contributed by atoms with van der Waals surface area (Å²) in [6.07, 6.45) is 13.7. The summed E-state index contributed by atoms with van der Waals surface area (Å²) in [6.45, 7) is 0. The van der Waals surface area contributed by atoms with Gasteiger partial charge in [-0.05, 0) is 31.4 Å². The Labute approximate surface area is 89.7 Å². The van der Waals surface area contributed by atoms with Crippen LogP contribution in [0.2, 0.25) is 0 Å². The van der Waals surface area contributed by atoms with Crippen molar-refractivity contribution in [2.45, 2.75) is 25.7 Å². The van der Waals surface area contributed by atoms with E-state index in [1.807, 2.05) is 24.2 Å².